The number of rotatable bonds is 7. The Labute approximate surface area is 235 Å². The molecule has 0 spiro atoms. The molecule has 1 aliphatic rings. The number of pyridine rings is 2. The Bertz CT molecular complexity index is 1280. The number of hydrogen-bond donors (Lipinski definition) is 1. The van der Waals surface area contributed by atoms with Crippen molar-refractivity contribution in [3.63, 3.8) is 0 Å². The van der Waals surface area contributed by atoms with Gasteiger partial charge in [0.15, 0.2) is 23.6 Å². The van der Waals surface area contributed by atoms with Crippen LogP contribution >= 0.6 is 11.6 Å². The van der Waals surface area contributed by atoms with E-state index in [1.165, 1.54) is 37.5 Å². The first-order valence-corrected chi connectivity index (χ1v) is 13.0. The number of aryl methyl sites for hydroxylation is 1. The number of ether oxygens (including phenoxy) is 4. The van der Waals surface area contributed by atoms with Crippen LogP contribution in [0.3, 0.4) is 0 Å². The average molecular weight is 576 g/mol. The number of carbonyl (C=O) groups excluding carboxylic acids is 5. The molecule has 0 aromatic carbocycles. The SMILES string of the molecule is CCC1C(=O)OCC(NC(=O)c2nccc(C)c2OC(=O)c2ccc(Cl)nc2)C(=O)OC(C)C1OC(=O)C(C)C. The molecule has 1 aliphatic heterocycles. The first-order valence-electron chi connectivity index (χ1n) is 12.6. The first kappa shape index (κ1) is 30.5. The van der Waals surface area contributed by atoms with Crippen molar-refractivity contribution in [1.29, 1.82) is 0 Å². The largest absolute Gasteiger partial charge is 0.463 e. The molecular formula is C27H30ClN3O9. The van der Waals surface area contributed by atoms with Gasteiger partial charge in [0.1, 0.15) is 17.9 Å². The van der Waals surface area contributed by atoms with E-state index in [0.717, 1.165) is 0 Å². The van der Waals surface area contributed by atoms with Gasteiger partial charge in [0, 0.05) is 12.4 Å². The van der Waals surface area contributed by atoms with Crippen LogP contribution in [0.1, 0.15) is 60.5 Å². The van der Waals surface area contributed by atoms with E-state index in [-0.39, 0.29) is 28.6 Å². The van der Waals surface area contributed by atoms with Crippen LogP contribution in [0, 0.1) is 18.8 Å². The standard InChI is InChI=1S/C27H30ClN3O9/c1-6-17-22(40-24(33)13(2)3)15(5)38-27(36)18(12-37-26(17)35)31-23(32)20-21(14(4)9-10-29-20)39-25(34)16-7-8-19(28)30-11-16/h7-11,13,15,17-18,22H,6,12H2,1-5H3,(H,31,32). The van der Waals surface area contributed by atoms with Gasteiger partial charge >= 0.3 is 23.9 Å². The monoisotopic (exact) mass is 575 g/mol. The van der Waals surface area contributed by atoms with Gasteiger partial charge in [-0.1, -0.05) is 32.4 Å². The predicted molar refractivity (Wildman–Crippen MR) is 139 cm³/mol. The van der Waals surface area contributed by atoms with Gasteiger partial charge in [-0.15, -0.1) is 0 Å². The lowest BCUT2D eigenvalue weighted by molar-refractivity contribution is -0.176. The highest BCUT2D eigenvalue weighted by atomic mass is 35.5. The molecule has 0 radical (unpaired) electrons. The maximum Gasteiger partial charge on any atom is 0.345 e. The molecule has 2 aromatic rings. The quantitative estimate of drug-likeness (QED) is 0.293. The summed E-state index contributed by atoms with van der Waals surface area (Å²) in [7, 11) is 0. The molecule has 1 saturated heterocycles. The Balaban J connectivity index is 1.82. The van der Waals surface area contributed by atoms with Gasteiger partial charge in [-0.25, -0.2) is 19.6 Å². The number of nitrogens with one attached hydrogen (secondary N) is 1. The van der Waals surface area contributed by atoms with E-state index in [9.17, 15) is 24.0 Å². The van der Waals surface area contributed by atoms with E-state index in [1.54, 1.807) is 27.7 Å². The summed E-state index contributed by atoms with van der Waals surface area (Å²) < 4.78 is 21.8. The molecule has 0 saturated carbocycles. The number of amides is 1. The van der Waals surface area contributed by atoms with Crippen LogP contribution in [0.2, 0.25) is 5.15 Å². The molecule has 1 N–H and O–H groups in total. The molecule has 0 aliphatic carbocycles. The van der Waals surface area contributed by atoms with Crippen molar-refractivity contribution in [2.75, 3.05) is 6.61 Å². The molecule has 214 valence electrons. The Kier molecular flexibility index (Phi) is 10.2. The van der Waals surface area contributed by atoms with E-state index >= 15 is 0 Å². The second kappa shape index (κ2) is 13.3. The van der Waals surface area contributed by atoms with E-state index in [4.69, 9.17) is 30.5 Å². The highest BCUT2D eigenvalue weighted by Crippen LogP contribution is 2.25. The zero-order valence-electron chi connectivity index (χ0n) is 22.6. The van der Waals surface area contributed by atoms with Gasteiger partial charge in [0.2, 0.25) is 0 Å². The fourth-order valence-electron chi connectivity index (χ4n) is 3.79. The van der Waals surface area contributed by atoms with Gasteiger partial charge in [-0.3, -0.25) is 14.4 Å². The van der Waals surface area contributed by atoms with Gasteiger partial charge in [0.05, 0.1) is 17.4 Å². The molecule has 4 unspecified atom stereocenters. The number of halogens is 1. The van der Waals surface area contributed by atoms with Gasteiger partial charge in [-0.2, -0.15) is 0 Å². The molecule has 13 heteroatoms. The molecular weight excluding hydrogens is 546 g/mol. The number of nitrogens with zero attached hydrogens (tertiary/aromatic N) is 2. The second-order valence-electron chi connectivity index (χ2n) is 9.43. The van der Waals surface area contributed by atoms with E-state index < -0.39 is 66.5 Å². The summed E-state index contributed by atoms with van der Waals surface area (Å²) in [5, 5.41) is 2.62. The molecule has 3 rings (SSSR count). The normalized spacial score (nSPS) is 21.3. The zero-order valence-corrected chi connectivity index (χ0v) is 23.4. The highest BCUT2D eigenvalue weighted by molar-refractivity contribution is 6.29. The first-order chi connectivity index (χ1) is 18.9. The van der Waals surface area contributed by atoms with Crippen LogP contribution in [-0.4, -0.2) is 64.6 Å². The molecule has 3 heterocycles. The fourth-order valence-corrected chi connectivity index (χ4v) is 3.90. The van der Waals surface area contributed by atoms with Crippen molar-refractivity contribution in [2.45, 2.75) is 59.3 Å². The average Bonchev–Trinajstić information content (AvgIpc) is 2.94. The van der Waals surface area contributed by atoms with E-state index in [1.807, 2.05) is 0 Å². The minimum absolute atomic E-state index is 0.0814. The molecule has 1 amide bonds. The smallest absolute Gasteiger partial charge is 0.345 e. The summed E-state index contributed by atoms with van der Waals surface area (Å²) in [6.07, 6.45) is 0.686. The van der Waals surface area contributed by atoms with Crippen LogP contribution in [0.4, 0.5) is 0 Å². The van der Waals surface area contributed by atoms with E-state index in [0.29, 0.717) is 5.56 Å². The summed E-state index contributed by atoms with van der Waals surface area (Å²) in [5.41, 5.74) is 0.198. The van der Waals surface area contributed by atoms with Crippen molar-refractivity contribution in [2.24, 2.45) is 11.8 Å². The maximum absolute atomic E-state index is 13.2. The number of esters is 4. The summed E-state index contributed by atoms with van der Waals surface area (Å²) >= 11 is 5.76. The van der Waals surface area contributed by atoms with Crippen molar-refractivity contribution in [3.05, 3.63) is 52.6 Å². The molecule has 2 aromatic heterocycles. The summed E-state index contributed by atoms with van der Waals surface area (Å²) in [6, 6.07) is 2.91. The molecule has 12 nitrogen and oxygen atoms in total. The fraction of sp³-hybridized carbons (Fsp3) is 0.444. The minimum atomic E-state index is -1.43. The van der Waals surface area contributed by atoms with Crippen LogP contribution in [0.15, 0.2) is 30.6 Å². The lowest BCUT2D eigenvalue weighted by atomic mass is 9.95. The summed E-state index contributed by atoms with van der Waals surface area (Å²) in [6.45, 7) is 7.52. The third-order valence-corrected chi connectivity index (χ3v) is 6.31. The summed E-state index contributed by atoms with van der Waals surface area (Å²) in [4.78, 5) is 71.9. The Morgan fingerprint density at radius 2 is 1.88 bits per heavy atom. The van der Waals surface area contributed by atoms with Crippen molar-refractivity contribution in [3.8, 4) is 5.75 Å². The summed E-state index contributed by atoms with van der Waals surface area (Å²) in [5.74, 6) is -5.42. The third-order valence-electron chi connectivity index (χ3n) is 6.08. The van der Waals surface area contributed by atoms with Crippen molar-refractivity contribution >= 4 is 41.4 Å². The second-order valence-corrected chi connectivity index (χ2v) is 9.82. The number of hydrogen-bond acceptors (Lipinski definition) is 11. The maximum atomic E-state index is 13.2. The number of cyclic esters (lactones) is 2. The number of aromatic nitrogens is 2. The molecule has 0 bridgehead atoms. The zero-order chi connectivity index (χ0) is 29.6. The Morgan fingerprint density at radius 3 is 2.50 bits per heavy atom. The van der Waals surface area contributed by atoms with Crippen molar-refractivity contribution < 1.29 is 42.9 Å². The molecule has 1 fully saturated rings. The van der Waals surface area contributed by atoms with Gasteiger partial charge < -0.3 is 24.3 Å². The van der Waals surface area contributed by atoms with Crippen molar-refractivity contribution in [1.82, 2.24) is 15.3 Å². The minimum Gasteiger partial charge on any atom is -0.463 e. The lowest BCUT2D eigenvalue weighted by Gasteiger charge is -2.29. The lowest BCUT2D eigenvalue weighted by Crippen LogP contribution is -2.47. The number of carbonyl (C=O) groups is 5. The van der Waals surface area contributed by atoms with Crippen LogP contribution in [-0.2, 0) is 28.6 Å². The van der Waals surface area contributed by atoms with Crippen LogP contribution in [0.25, 0.3) is 0 Å². The van der Waals surface area contributed by atoms with Crippen LogP contribution in [0.5, 0.6) is 5.75 Å². The molecule has 40 heavy (non-hydrogen) atoms. The molecule has 4 atom stereocenters. The van der Waals surface area contributed by atoms with Gasteiger partial charge in [0.25, 0.3) is 5.91 Å². The highest BCUT2D eigenvalue weighted by Gasteiger charge is 2.41. The topological polar surface area (TPSA) is 160 Å². The van der Waals surface area contributed by atoms with Gasteiger partial charge in [-0.05, 0) is 44.0 Å². The van der Waals surface area contributed by atoms with E-state index in [2.05, 4.69) is 15.3 Å². The third kappa shape index (κ3) is 7.32. The Morgan fingerprint density at radius 1 is 1.15 bits per heavy atom. The van der Waals surface area contributed by atoms with Crippen LogP contribution < -0.4 is 10.1 Å². The predicted octanol–water partition coefficient (Wildman–Crippen LogP) is 2.84. The Hall–Kier alpha value is -4.06.